The Balaban J connectivity index is 1.84. The van der Waals surface area contributed by atoms with Crippen LogP contribution in [0.5, 0.6) is 11.5 Å². The SMILES string of the molecule is CCCCCC(CC(CCc1cc(OC2CCCC2)c(O)cc1C1=CCNC(N)=C1)OC(C)=O)OC(C)=O. The van der Waals surface area contributed by atoms with Crippen molar-refractivity contribution in [2.24, 2.45) is 5.73 Å². The maximum Gasteiger partial charge on any atom is 0.302 e. The minimum absolute atomic E-state index is 0.101. The van der Waals surface area contributed by atoms with Gasteiger partial charge in [0, 0.05) is 26.8 Å². The highest BCUT2D eigenvalue weighted by Gasteiger charge is 2.24. The molecule has 1 aromatic carbocycles. The van der Waals surface area contributed by atoms with Crippen molar-refractivity contribution >= 4 is 17.5 Å². The molecule has 8 heteroatoms. The molecule has 1 saturated carbocycles. The lowest BCUT2D eigenvalue weighted by Gasteiger charge is -2.24. The quantitative estimate of drug-likeness (QED) is 0.221. The molecule has 0 saturated heterocycles. The highest BCUT2D eigenvalue weighted by atomic mass is 16.6. The molecule has 3 rings (SSSR count). The first-order valence-corrected chi connectivity index (χ1v) is 14.0. The number of dihydropyridines is 1. The fraction of sp³-hybridized carbons (Fsp3) is 0.600. The fourth-order valence-electron chi connectivity index (χ4n) is 5.26. The van der Waals surface area contributed by atoms with E-state index in [1.807, 2.05) is 18.2 Å². The van der Waals surface area contributed by atoms with Gasteiger partial charge in [-0.1, -0.05) is 25.8 Å². The number of rotatable bonds is 14. The van der Waals surface area contributed by atoms with Crippen molar-refractivity contribution in [1.29, 1.82) is 0 Å². The second-order valence-corrected chi connectivity index (χ2v) is 10.4. The third kappa shape index (κ3) is 9.30. The summed E-state index contributed by atoms with van der Waals surface area (Å²) < 4.78 is 17.4. The summed E-state index contributed by atoms with van der Waals surface area (Å²) in [6.45, 7) is 5.53. The van der Waals surface area contributed by atoms with Crippen LogP contribution in [0, 0.1) is 0 Å². The second kappa shape index (κ2) is 14.7. The number of benzene rings is 1. The Hall–Kier alpha value is -3.16. The van der Waals surface area contributed by atoms with E-state index in [4.69, 9.17) is 19.9 Å². The highest BCUT2D eigenvalue weighted by molar-refractivity contribution is 5.79. The van der Waals surface area contributed by atoms with Crippen molar-refractivity contribution < 1.29 is 28.9 Å². The molecule has 4 N–H and O–H groups in total. The van der Waals surface area contributed by atoms with Crippen LogP contribution >= 0.6 is 0 Å². The number of aryl methyl sites for hydroxylation is 1. The van der Waals surface area contributed by atoms with E-state index in [9.17, 15) is 14.7 Å². The van der Waals surface area contributed by atoms with Gasteiger partial charge in [-0.25, -0.2) is 0 Å². The largest absolute Gasteiger partial charge is 0.504 e. The lowest BCUT2D eigenvalue weighted by Crippen LogP contribution is -2.27. The zero-order chi connectivity index (χ0) is 27.5. The Morgan fingerprint density at radius 2 is 1.76 bits per heavy atom. The van der Waals surface area contributed by atoms with Gasteiger partial charge in [-0.15, -0.1) is 0 Å². The van der Waals surface area contributed by atoms with Gasteiger partial charge in [0.05, 0.1) is 11.9 Å². The molecule has 0 bridgehead atoms. The van der Waals surface area contributed by atoms with Crippen LogP contribution in [-0.4, -0.2) is 41.9 Å². The fourth-order valence-corrected chi connectivity index (χ4v) is 5.26. The molecule has 2 atom stereocenters. The Labute approximate surface area is 226 Å². The number of nitrogens with two attached hydrogens (primary N) is 1. The van der Waals surface area contributed by atoms with Gasteiger partial charge in [0.15, 0.2) is 11.5 Å². The Bertz CT molecular complexity index is 1010. The third-order valence-electron chi connectivity index (χ3n) is 7.09. The molecule has 1 aliphatic carbocycles. The Morgan fingerprint density at radius 1 is 1.08 bits per heavy atom. The smallest absolute Gasteiger partial charge is 0.302 e. The summed E-state index contributed by atoms with van der Waals surface area (Å²) in [5.41, 5.74) is 8.79. The molecule has 8 nitrogen and oxygen atoms in total. The predicted octanol–water partition coefficient (Wildman–Crippen LogP) is 5.27. The van der Waals surface area contributed by atoms with E-state index >= 15 is 0 Å². The number of allylic oxidation sites excluding steroid dienone is 2. The van der Waals surface area contributed by atoms with Gasteiger partial charge in [0.25, 0.3) is 0 Å². The van der Waals surface area contributed by atoms with Crippen molar-refractivity contribution in [3.63, 3.8) is 0 Å². The molecule has 1 aromatic rings. The molecular formula is C30H44N2O6. The molecule has 1 heterocycles. The summed E-state index contributed by atoms with van der Waals surface area (Å²) in [5.74, 6) is 0.448. The molecule has 38 heavy (non-hydrogen) atoms. The van der Waals surface area contributed by atoms with Crippen LogP contribution in [0.3, 0.4) is 0 Å². The van der Waals surface area contributed by atoms with E-state index in [0.29, 0.717) is 37.4 Å². The minimum Gasteiger partial charge on any atom is -0.504 e. The number of nitrogens with one attached hydrogen (secondary N) is 1. The van der Waals surface area contributed by atoms with E-state index in [-0.39, 0.29) is 29.9 Å². The topological polar surface area (TPSA) is 120 Å². The number of carbonyl (C=O) groups excluding carboxylic acids is 2. The summed E-state index contributed by atoms with van der Waals surface area (Å²) in [6, 6.07) is 3.65. The zero-order valence-corrected chi connectivity index (χ0v) is 23.1. The van der Waals surface area contributed by atoms with Crippen molar-refractivity contribution in [3.8, 4) is 11.5 Å². The summed E-state index contributed by atoms with van der Waals surface area (Å²) in [4.78, 5) is 23.7. The number of phenols is 1. The minimum atomic E-state index is -0.415. The number of aromatic hydroxyl groups is 1. The van der Waals surface area contributed by atoms with Crippen LogP contribution in [0.4, 0.5) is 0 Å². The van der Waals surface area contributed by atoms with Gasteiger partial charge in [-0.05, 0) is 86.3 Å². The number of ether oxygens (including phenoxy) is 3. The first-order valence-electron chi connectivity index (χ1n) is 14.0. The molecule has 1 fully saturated rings. The third-order valence-corrected chi connectivity index (χ3v) is 7.09. The van der Waals surface area contributed by atoms with Gasteiger partial charge in [-0.3, -0.25) is 9.59 Å². The first-order chi connectivity index (χ1) is 18.2. The van der Waals surface area contributed by atoms with Crippen molar-refractivity contribution in [3.05, 3.63) is 41.2 Å². The molecule has 0 spiro atoms. The molecule has 1 aliphatic heterocycles. The van der Waals surface area contributed by atoms with Crippen molar-refractivity contribution in [2.75, 3.05) is 6.54 Å². The van der Waals surface area contributed by atoms with E-state index in [1.165, 1.54) is 13.8 Å². The summed E-state index contributed by atoms with van der Waals surface area (Å²) in [5, 5.41) is 13.9. The average molecular weight is 529 g/mol. The number of hydrogen-bond acceptors (Lipinski definition) is 8. The number of carbonyl (C=O) groups is 2. The first kappa shape index (κ1) is 29.4. The lowest BCUT2D eigenvalue weighted by molar-refractivity contribution is -0.153. The number of hydrogen-bond donors (Lipinski definition) is 3. The van der Waals surface area contributed by atoms with E-state index in [0.717, 1.165) is 68.1 Å². The van der Waals surface area contributed by atoms with Crippen LogP contribution in [0.1, 0.15) is 96.1 Å². The van der Waals surface area contributed by atoms with Crippen LogP contribution in [0.15, 0.2) is 30.1 Å². The number of phenolic OH excluding ortho intramolecular Hbond substituents is 1. The Kier molecular flexibility index (Phi) is 11.4. The van der Waals surface area contributed by atoms with Gasteiger partial charge in [0.1, 0.15) is 12.2 Å². The van der Waals surface area contributed by atoms with Gasteiger partial charge < -0.3 is 30.4 Å². The molecule has 0 radical (unpaired) electrons. The van der Waals surface area contributed by atoms with Crippen LogP contribution in [-0.2, 0) is 25.5 Å². The molecule has 2 unspecified atom stereocenters. The normalized spacial score (nSPS) is 17.1. The lowest BCUT2D eigenvalue weighted by atomic mass is 9.92. The van der Waals surface area contributed by atoms with Gasteiger partial charge in [0.2, 0.25) is 0 Å². The standard InChI is InChI=1S/C30H44N2O6/c1-4-5-6-11-25(36-20(2)33)18-26(37-21(3)34)13-12-22-16-29(38-24-9-7-8-10-24)28(35)19-27(22)23-14-15-32-30(31)17-23/h14,16-17,19,24-26,32,35H,4-13,15,18,31H2,1-3H3. The van der Waals surface area contributed by atoms with E-state index in [2.05, 4.69) is 12.2 Å². The molecule has 210 valence electrons. The van der Waals surface area contributed by atoms with E-state index < -0.39 is 6.10 Å². The van der Waals surface area contributed by atoms with Gasteiger partial charge in [-0.2, -0.15) is 0 Å². The molecule has 0 amide bonds. The second-order valence-electron chi connectivity index (χ2n) is 10.4. The average Bonchev–Trinajstić information content (AvgIpc) is 3.36. The summed E-state index contributed by atoms with van der Waals surface area (Å²) >= 11 is 0. The van der Waals surface area contributed by atoms with Crippen LogP contribution in [0.25, 0.3) is 5.57 Å². The van der Waals surface area contributed by atoms with Crippen molar-refractivity contribution in [1.82, 2.24) is 5.32 Å². The summed E-state index contributed by atoms with van der Waals surface area (Å²) in [7, 11) is 0. The summed E-state index contributed by atoms with van der Waals surface area (Å²) in [6.07, 6.45) is 12.9. The van der Waals surface area contributed by atoms with Crippen LogP contribution in [0.2, 0.25) is 0 Å². The highest BCUT2D eigenvalue weighted by Crippen LogP contribution is 2.37. The molecular weight excluding hydrogens is 484 g/mol. The molecule has 2 aliphatic rings. The molecule has 0 aromatic heterocycles. The number of unbranched alkanes of at least 4 members (excludes halogenated alkanes) is 2. The van der Waals surface area contributed by atoms with Crippen LogP contribution < -0.4 is 15.8 Å². The predicted molar refractivity (Wildman–Crippen MR) is 147 cm³/mol. The van der Waals surface area contributed by atoms with Gasteiger partial charge >= 0.3 is 11.9 Å². The van der Waals surface area contributed by atoms with Crippen molar-refractivity contribution in [2.45, 2.75) is 110 Å². The number of esters is 2. The maximum absolute atomic E-state index is 12.0. The van der Waals surface area contributed by atoms with E-state index in [1.54, 1.807) is 6.07 Å². The Morgan fingerprint density at radius 3 is 2.39 bits per heavy atom. The monoisotopic (exact) mass is 528 g/mol. The maximum atomic E-state index is 12.0. The zero-order valence-electron chi connectivity index (χ0n) is 23.1.